The highest BCUT2D eigenvalue weighted by Crippen LogP contribution is 2.20. The third kappa shape index (κ3) is 5.54. The molecule has 2 heterocycles. The number of nitrogens with zero attached hydrogens (tertiary/aromatic N) is 1. The predicted molar refractivity (Wildman–Crippen MR) is 97.4 cm³/mol. The predicted octanol–water partition coefficient (Wildman–Crippen LogP) is 1.74. The lowest BCUT2D eigenvalue weighted by atomic mass is 10.1. The summed E-state index contributed by atoms with van der Waals surface area (Å²) in [6.07, 6.45) is 3.50. The van der Waals surface area contributed by atoms with E-state index in [-0.39, 0.29) is 23.8 Å². The molecule has 0 saturated carbocycles. The van der Waals surface area contributed by atoms with E-state index in [9.17, 15) is 9.59 Å². The first-order valence-corrected chi connectivity index (χ1v) is 9.51. The fraction of sp³-hybridized carbons (Fsp3) is 0.600. The van der Waals surface area contributed by atoms with Gasteiger partial charge in [0.05, 0.1) is 18.6 Å². The Balaban J connectivity index is 1.30. The monoisotopic (exact) mass is 360 g/mol. The van der Waals surface area contributed by atoms with Gasteiger partial charge in [0.1, 0.15) is 0 Å². The van der Waals surface area contributed by atoms with E-state index in [1.54, 1.807) is 4.90 Å². The molecular weight excluding hydrogens is 332 g/mol. The molecule has 0 bridgehead atoms. The fourth-order valence-corrected chi connectivity index (χ4v) is 3.43. The van der Waals surface area contributed by atoms with E-state index in [1.807, 2.05) is 30.3 Å². The number of benzene rings is 1. The summed E-state index contributed by atoms with van der Waals surface area (Å²) in [7, 11) is 0. The van der Waals surface area contributed by atoms with Crippen LogP contribution in [-0.4, -0.2) is 55.7 Å². The third-order valence-electron chi connectivity index (χ3n) is 4.89. The van der Waals surface area contributed by atoms with Crippen LogP contribution in [0.25, 0.3) is 0 Å². The molecular formula is C20H28N2O4. The maximum Gasteiger partial charge on any atom is 0.225 e. The Bertz CT molecular complexity index is 587. The van der Waals surface area contributed by atoms with E-state index in [4.69, 9.17) is 9.47 Å². The van der Waals surface area contributed by atoms with Gasteiger partial charge in [0.15, 0.2) is 0 Å². The van der Waals surface area contributed by atoms with Crippen molar-refractivity contribution in [3.8, 4) is 0 Å². The van der Waals surface area contributed by atoms with Crippen molar-refractivity contribution in [2.75, 3.05) is 32.9 Å². The van der Waals surface area contributed by atoms with E-state index >= 15 is 0 Å². The average molecular weight is 360 g/mol. The van der Waals surface area contributed by atoms with Gasteiger partial charge >= 0.3 is 0 Å². The van der Waals surface area contributed by atoms with Crippen LogP contribution in [0.1, 0.15) is 31.2 Å². The van der Waals surface area contributed by atoms with Crippen molar-refractivity contribution in [2.24, 2.45) is 5.92 Å². The Morgan fingerprint density at radius 2 is 2.15 bits per heavy atom. The van der Waals surface area contributed by atoms with Crippen molar-refractivity contribution >= 4 is 11.8 Å². The molecule has 1 aromatic carbocycles. The number of rotatable bonds is 9. The molecule has 0 radical (unpaired) electrons. The molecule has 0 spiro atoms. The molecule has 0 aromatic heterocycles. The maximum absolute atomic E-state index is 12.3. The molecule has 6 heteroatoms. The summed E-state index contributed by atoms with van der Waals surface area (Å²) in [5.41, 5.74) is 1.09. The summed E-state index contributed by atoms with van der Waals surface area (Å²) in [5.74, 6) is -0.235. The number of hydrogen-bond acceptors (Lipinski definition) is 4. The van der Waals surface area contributed by atoms with Gasteiger partial charge in [-0.3, -0.25) is 9.59 Å². The Kier molecular flexibility index (Phi) is 7.03. The van der Waals surface area contributed by atoms with E-state index in [0.717, 1.165) is 31.4 Å². The lowest BCUT2D eigenvalue weighted by molar-refractivity contribution is -0.129. The molecule has 26 heavy (non-hydrogen) atoms. The third-order valence-corrected chi connectivity index (χ3v) is 4.89. The zero-order valence-electron chi connectivity index (χ0n) is 15.2. The van der Waals surface area contributed by atoms with Gasteiger partial charge < -0.3 is 19.7 Å². The van der Waals surface area contributed by atoms with Gasteiger partial charge in [0, 0.05) is 39.3 Å². The smallest absolute Gasteiger partial charge is 0.225 e. The molecule has 2 fully saturated rings. The minimum Gasteiger partial charge on any atom is -0.379 e. The lowest BCUT2D eigenvalue weighted by Gasteiger charge is -2.16. The quantitative estimate of drug-likeness (QED) is 0.681. The van der Waals surface area contributed by atoms with Crippen molar-refractivity contribution in [1.82, 2.24) is 10.2 Å². The molecule has 2 amide bonds. The van der Waals surface area contributed by atoms with E-state index in [0.29, 0.717) is 39.3 Å². The normalized spacial score (nSPS) is 22.8. The lowest BCUT2D eigenvalue weighted by Crippen LogP contribution is -2.33. The number of likely N-dealkylation sites (tertiary alicyclic amines) is 1. The van der Waals surface area contributed by atoms with Crippen LogP contribution < -0.4 is 5.32 Å². The maximum atomic E-state index is 12.3. The highest BCUT2D eigenvalue weighted by Gasteiger charge is 2.33. The number of amides is 2. The summed E-state index contributed by atoms with van der Waals surface area (Å²) in [6.45, 7) is 3.73. The Morgan fingerprint density at radius 3 is 2.92 bits per heavy atom. The van der Waals surface area contributed by atoms with Crippen molar-refractivity contribution in [3.63, 3.8) is 0 Å². The first-order chi connectivity index (χ1) is 12.7. The van der Waals surface area contributed by atoms with Gasteiger partial charge in [-0.1, -0.05) is 30.3 Å². The Labute approximate surface area is 154 Å². The molecule has 142 valence electrons. The first-order valence-electron chi connectivity index (χ1n) is 9.51. The molecule has 2 aliphatic heterocycles. The molecule has 1 N–H and O–H groups in total. The van der Waals surface area contributed by atoms with E-state index in [2.05, 4.69) is 5.32 Å². The summed E-state index contributed by atoms with van der Waals surface area (Å²) in [4.78, 5) is 26.2. The van der Waals surface area contributed by atoms with Crippen LogP contribution in [0.15, 0.2) is 30.3 Å². The summed E-state index contributed by atoms with van der Waals surface area (Å²) >= 11 is 0. The van der Waals surface area contributed by atoms with Gasteiger partial charge in [0.25, 0.3) is 0 Å². The molecule has 2 saturated heterocycles. The standard InChI is InChI=1S/C20H28N2O4/c23-19-12-17(14-22(19)13-16-6-2-1-3-7-16)20(24)21-9-5-10-25-15-18-8-4-11-26-18/h1-3,6-7,17-18H,4-5,8-15H2,(H,21,24). The van der Waals surface area contributed by atoms with Gasteiger partial charge in [-0.15, -0.1) is 0 Å². The second kappa shape index (κ2) is 9.69. The Morgan fingerprint density at radius 1 is 1.31 bits per heavy atom. The number of carbonyl (C=O) groups is 2. The second-order valence-electron chi connectivity index (χ2n) is 7.02. The van der Waals surface area contributed by atoms with E-state index < -0.39 is 0 Å². The van der Waals surface area contributed by atoms with Gasteiger partial charge in [-0.05, 0) is 24.8 Å². The summed E-state index contributed by atoms with van der Waals surface area (Å²) in [5, 5.41) is 2.93. The van der Waals surface area contributed by atoms with Crippen LogP contribution in [0.3, 0.4) is 0 Å². The number of carbonyl (C=O) groups excluding carboxylic acids is 2. The van der Waals surface area contributed by atoms with Crippen LogP contribution in [0.2, 0.25) is 0 Å². The highest BCUT2D eigenvalue weighted by atomic mass is 16.5. The number of nitrogens with one attached hydrogen (secondary N) is 1. The SMILES string of the molecule is O=C(NCCCOCC1CCCO1)C1CC(=O)N(Cc2ccccc2)C1. The molecule has 0 aliphatic carbocycles. The Hall–Kier alpha value is -1.92. The van der Waals surface area contributed by atoms with Crippen LogP contribution >= 0.6 is 0 Å². The molecule has 2 atom stereocenters. The van der Waals surface area contributed by atoms with Crippen molar-refractivity contribution in [2.45, 2.75) is 38.3 Å². The number of ether oxygens (including phenoxy) is 2. The van der Waals surface area contributed by atoms with Crippen LogP contribution in [-0.2, 0) is 25.6 Å². The van der Waals surface area contributed by atoms with Crippen LogP contribution in [0, 0.1) is 5.92 Å². The van der Waals surface area contributed by atoms with Gasteiger partial charge in [0.2, 0.25) is 11.8 Å². The average Bonchev–Trinajstić information content (AvgIpc) is 3.29. The van der Waals surface area contributed by atoms with Gasteiger partial charge in [-0.25, -0.2) is 0 Å². The number of hydrogen-bond donors (Lipinski definition) is 1. The minimum atomic E-state index is -0.251. The molecule has 2 aliphatic rings. The van der Waals surface area contributed by atoms with Crippen molar-refractivity contribution < 1.29 is 19.1 Å². The first kappa shape index (κ1) is 18.9. The molecule has 6 nitrogen and oxygen atoms in total. The topological polar surface area (TPSA) is 67.9 Å². The second-order valence-corrected chi connectivity index (χ2v) is 7.02. The van der Waals surface area contributed by atoms with Crippen LogP contribution in [0.5, 0.6) is 0 Å². The van der Waals surface area contributed by atoms with Crippen molar-refractivity contribution in [1.29, 1.82) is 0 Å². The largest absolute Gasteiger partial charge is 0.379 e. The van der Waals surface area contributed by atoms with Crippen molar-refractivity contribution in [3.05, 3.63) is 35.9 Å². The molecule has 2 unspecified atom stereocenters. The van der Waals surface area contributed by atoms with E-state index in [1.165, 1.54) is 0 Å². The molecule has 3 rings (SSSR count). The zero-order valence-corrected chi connectivity index (χ0v) is 15.2. The highest BCUT2D eigenvalue weighted by molar-refractivity contribution is 5.89. The van der Waals surface area contributed by atoms with Gasteiger partial charge in [-0.2, -0.15) is 0 Å². The fourth-order valence-electron chi connectivity index (χ4n) is 3.43. The summed E-state index contributed by atoms with van der Waals surface area (Å²) in [6, 6.07) is 9.87. The minimum absolute atomic E-state index is 0.0342. The summed E-state index contributed by atoms with van der Waals surface area (Å²) < 4.78 is 11.1. The zero-order chi connectivity index (χ0) is 18.2. The molecule has 1 aromatic rings. The van der Waals surface area contributed by atoms with Crippen LogP contribution in [0.4, 0.5) is 0 Å².